The zero-order valence-corrected chi connectivity index (χ0v) is 28.2. The van der Waals surface area contributed by atoms with Crippen molar-refractivity contribution in [1.29, 1.82) is 0 Å². The van der Waals surface area contributed by atoms with Crippen LogP contribution in [0.1, 0.15) is 27.8 Å². The molecule has 5 heteroatoms. The number of halogens is 2. The molecule has 0 fully saturated rings. The highest BCUT2D eigenvalue weighted by Crippen LogP contribution is 2.63. The second kappa shape index (κ2) is 10.1. The molecule has 0 aliphatic heterocycles. The van der Waals surface area contributed by atoms with Gasteiger partial charge in [0.05, 0.1) is 5.41 Å². The van der Waals surface area contributed by atoms with Crippen LogP contribution in [0.25, 0.3) is 66.6 Å². The van der Waals surface area contributed by atoms with E-state index in [4.69, 9.17) is 0 Å². The average molecular weight is 731 g/mol. The minimum absolute atomic E-state index is 0.353. The number of nitrogens with one attached hydrogen (secondary N) is 1. The predicted octanol–water partition coefficient (Wildman–Crippen LogP) is 11.4. The van der Waals surface area contributed by atoms with Crippen LogP contribution in [-0.4, -0.2) is 15.0 Å². The van der Waals surface area contributed by atoms with Crippen LogP contribution < -0.4 is 0 Å². The van der Waals surface area contributed by atoms with Gasteiger partial charge in [-0.3, -0.25) is 0 Å². The van der Waals surface area contributed by atoms with E-state index in [9.17, 15) is 0 Å². The molecule has 0 saturated carbocycles. The number of rotatable bonds is 3. The monoisotopic (exact) mass is 729 g/mol. The lowest BCUT2D eigenvalue weighted by Crippen LogP contribution is -2.25. The van der Waals surface area contributed by atoms with Crippen molar-refractivity contribution in [2.24, 2.45) is 0 Å². The van der Waals surface area contributed by atoms with Gasteiger partial charge in [-0.05, 0) is 114 Å². The van der Waals surface area contributed by atoms with Crippen LogP contribution in [0, 0.1) is 0 Å². The van der Waals surface area contributed by atoms with Gasteiger partial charge < -0.3 is 4.98 Å². The summed E-state index contributed by atoms with van der Waals surface area (Å²) >= 11 is 7.61. The third-order valence-electron chi connectivity index (χ3n) is 10.1. The van der Waals surface area contributed by atoms with Crippen molar-refractivity contribution in [3.8, 4) is 44.8 Å². The Labute approximate surface area is 288 Å². The Balaban J connectivity index is 1.21. The van der Waals surface area contributed by atoms with Crippen molar-refractivity contribution in [3.05, 3.63) is 166 Å². The SMILES string of the molecule is BrCc1cc(-c2ncccn2)cc(-c2ccc3c(c2)[nH]c2cc4c(cc23)C2(c3ccccc3-c3ccccc32)c2ccccc2-4)c1Br. The summed E-state index contributed by atoms with van der Waals surface area (Å²) in [5, 5.41) is 3.18. The van der Waals surface area contributed by atoms with E-state index in [0.717, 1.165) is 43.1 Å². The number of fused-ring (bicyclic) bond motifs is 13. The van der Waals surface area contributed by atoms with Gasteiger partial charge in [0.25, 0.3) is 0 Å². The fourth-order valence-corrected chi connectivity index (χ4v) is 9.65. The Morgan fingerprint density at radius 3 is 1.81 bits per heavy atom. The van der Waals surface area contributed by atoms with Gasteiger partial charge in [0.15, 0.2) is 5.82 Å². The molecular weight excluding hydrogens is 706 g/mol. The molecule has 6 aromatic carbocycles. The second-order valence-corrected chi connectivity index (χ2v) is 13.8. The van der Waals surface area contributed by atoms with Gasteiger partial charge in [-0.1, -0.05) is 101 Å². The number of benzene rings is 6. The lowest BCUT2D eigenvalue weighted by atomic mass is 9.70. The Kier molecular flexibility index (Phi) is 5.85. The molecule has 222 valence electrons. The summed E-state index contributed by atoms with van der Waals surface area (Å²) in [4.78, 5) is 12.9. The molecule has 47 heavy (non-hydrogen) atoms. The number of hydrogen-bond acceptors (Lipinski definition) is 2. The lowest BCUT2D eigenvalue weighted by Gasteiger charge is -2.30. The standard InChI is InChI=1S/C42H25Br2N3/c43-23-26-18-25(41-45-16-7-17-46-41)19-31(40(26)44)24-14-15-30-33-21-37-32(22-39(33)47-38(30)20-24)29-10-3-6-13-36(29)42(37)34-11-4-1-8-27(34)28-9-2-5-12-35(28)42/h1-22,47H,23H2. The first-order valence-electron chi connectivity index (χ1n) is 15.7. The predicted molar refractivity (Wildman–Crippen MR) is 199 cm³/mol. The molecule has 1 N–H and O–H groups in total. The summed E-state index contributed by atoms with van der Waals surface area (Å²) in [5.41, 5.74) is 17.0. The zero-order valence-electron chi connectivity index (χ0n) is 25.1. The Bertz CT molecular complexity index is 2540. The molecule has 0 atom stereocenters. The summed E-state index contributed by atoms with van der Waals surface area (Å²) in [6.07, 6.45) is 3.58. The van der Waals surface area contributed by atoms with Crippen molar-refractivity contribution >= 4 is 53.7 Å². The Hall–Kier alpha value is -4.84. The minimum Gasteiger partial charge on any atom is -0.354 e. The van der Waals surface area contributed by atoms with Crippen molar-refractivity contribution in [2.75, 3.05) is 0 Å². The highest BCUT2D eigenvalue weighted by atomic mass is 79.9. The third kappa shape index (κ3) is 3.67. The van der Waals surface area contributed by atoms with E-state index in [1.54, 1.807) is 12.4 Å². The van der Waals surface area contributed by atoms with Crippen LogP contribution >= 0.6 is 31.9 Å². The number of H-pyrrole nitrogens is 1. The summed E-state index contributed by atoms with van der Waals surface area (Å²) in [7, 11) is 0. The van der Waals surface area contributed by atoms with Gasteiger partial charge in [0.2, 0.25) is 0 Å². The third-order valence-corrected chi connectivity index (χ3v) is 11.7. The largest absolute Gasteiger partial charge is 0.354 e. The highest BCUT2D eigenvalue weighted by Gasteiger charge is 2.51. The first-order chi connectivity index (χ1) is 23.2. The number of aromatic nitrogens is 3. The average Bonchev–Trinajstić information content (AvgIpc) is 3.74. The van der Waals surface area contributed by atoms with Gasteiger partial charge in [-0.2, -0.15) is 0 Å². The van der Waals surface area contributed by atoms with Crippen molar-refractivity contribution in [3.63, 3.8) is 0 Å². The molecule has 1 spiro atoms. The molecule has 10 rings (SSSR count). The van der Waals surface area contributed by atoms with E-state index in [1.807, 2.05) is 6.07 Å². The molecule has 0 saturated heterocycles. The minimum atomic E-state index is -0.353. The van der Waals surface area contributed by atoms with Crippen LogP contribution in [0.2, 0.25) is 0 Å². The van der Waals surface area contributed by atoms with Crippen LogP contribution in [0.4, 0.5) is 0 Å². The van der Waals surface area contributed by atoms with Gasteiger partial charge in [0.1, 0.15) is 0 Å². The van der Waals surface area contributed by atoms with Crippen molar-refractivity contribution < 1.29 is 0 Å². The quantitative estimate of drug-likeness (QED) is 0.184. The van der Waals surface area contributed by atoms with Crippen LogP contribution in [0.5, 0.6) is 0 Å². The van der Waals surface area contributed by atoms with Crippen LogP contribution in [0.3, 0.4) is 0 Å². The topological polar surface area (TPSA) is 41.6 Å². The van der Waals surface area contributed by atoms with Crippen LogP contribution in [0.15, 0.2) is 138 Å². The fourth-order valence-electron chi connectivity index (χ4n) is 8.23. The van der Waals surface area contributed by atoms with E-state index >= 15 is 0 Å². The number of hydrogen-bond donors (Lipinski definition) is 1. The molecule has 2 aromatic heterocycles. The van der Waals surface area contributed by atoms with Crippen LogP contribution in [-0.2, 0) is 10.7 Å². The number of nitrogens with zero attached hydrogens (tertiary/aromatic N) is 2. The van der Waals surface area contributed by atoms with E-state index in [0.29, 0.717) is 5.82 Å². The molecule has 2 aliphatic carbocycles. The highest BCUT2D eigenvalue weighted by molar-refractivity contribution is 9.11. The lowest BCUT2D eigenvalue weighted by molar-refractivity contribution is 0.795. The Morgan fingerprint density at radius 1 is 0.532 bits per heavy atom. The normalized spacial score (nSPS) is 13.6. The van der Waals surface area contributed by atoms with E-state index in [2.05, 4.69) is 162 Å². The smallest absolute Gasteiger partial charge is 0.159 e. The molecular formula is C42H25Br2N3. The van der Waals surface area contributed by atoms with Crippen molar-refractivity contribution in [1.82, 2.24) is 15.0 Å². The summed E-state index contributed by atoms with van der Waals surface area (Å²) in [5.74, 6) is 0.717. The molecule has 0 amide bonds. The maximum Gasteiger partial charge on any atom is 0.159 e. The maximum absolute atomic E-state index is 4.52. The first-order valence-corrected chi connectivity index (χ1v) is 17.6. The Morgan fingerprint density at radius 2 is 1.15 bits per heavy atom. The molecule has 2 heterocycles. The molecule has 8 aromatic rings. The van der Waals surface area contributed by atoms with E-state index in [-0.39, 0.29) is 5.41 Å². The molecule has 2 aliphatic rings. The number of alkyl halides is 1. The maximum atomic E-state index is 4.52. The van der Waals surface area contributed by atoms with Gasteiger partial charge in [0, 0.05) is 49.6 Å². The van der Waals surface area contributed by atoms with Gasteiger partial charge in [-0.25, -0.2) is 9.97 Å². The fraction of sp³-hybridized carbons (Fsp3) is 0.0476. The summed E-state index contributed by atoms with van der Waals surface area (Å²) in [6, 6.07) is 44.7. The molecule has 0 unspecified atom stereocenters. The summed E-state index contributed by atoms with van der Waals surface area (Å²) < 4.78 is 1.07. The van der Waals surface area contributed by atoms with Gasteiger partial charge in [-0.15, -0.1) is 0 Å². The zero-order chi connectivity index (χ0) is 31.3. The second-order valence-electron chi connectivity index (χ2n) is 12.4. The molecule has 0 radical (unpaired) electrons. The van der Waals surface area contributed by atoms with Crippen molar-refractivity contribution in [2.45, 2.75) is 10.7 Å². The molecule has 0 bridgehead atoms. The number of aromatic amines is 1. The first kappa shape index (κ1) is 27.3. The van der Waals surface area contributed by atoms with Gasteiger partial charge >= 0.3 is 0 Å². The van der Waals surface area contributed by atoms with E-state index < -0.39 is 0 Å². The summed E-state index contributed by atoms with van der Waals surface area (Å²) in [6.45, 7) is 0. The van der Waals surface area contributed by atoms with E-state index in [1.165, 1.54) is 55.3 Å². The molecule has 3 nitrogen and oxygen atoms in total.